The molecule has 0 aliphatic heterocycles. The number of halogens is 1. The Balaban J connectivity index is 1.57. The molecule has 136 valence electrons. The number of para-hydroxylation sites is 2. The highest BCUT2D eigenvalue weighted by molar-refractivity contribution is 9.10. The molecule has 0 radical (unpaired) electrons. The normalized spacial score (nSPS) is 12.2. The van der Waals surface area contributed by atoms with Crippen LogP contribution in [0.1, 0.15) is 37.8 Å². The van der Waals surface area contributed by atoms with Gasteiger partial charge in [0.2, 0.25) is 5.91 Å². The Morgan fingerprint density at radius 1 is 1.19 bits per heavy atom. The standard InChI is InChI=1S/C20H21BrN2O3/c1-2-16(14-9-11-15(21)12-10-14)22-19(24)8-5-13-23-17-6-3-4-7-18(17)26-20(23)25/h3-4,6-7,9-12,16H,2,5,8,13H2,1H3,(H,22,24). The third kappa shape index (κ3) is 4.25. The number of amides is 1. The Morgan fingerprint density at radius 3 is 2.65 bits per heavy atom. The van der Waals surface area contributed by atoms with Gasteiger partial charge in [-0.2, -0.15) is 0 Å². The smallest absolute Gasteiger partial charge is 0.408 e. The molecule has 5 nitrogen and oxygen atoms in total. The van der Waals surface area contributed by atoms with E-state index in [0.717, 1.165) is 22.0 Å². The lowest BCUT2D eigenvalue weighted by molar-refractivity contribution is -0.122. The molecule has 1 unspecified atom stereocenters. The van der Waals surface area contributed by atoms with Gasteiger partial charge >= 0.3 is 5.76 Å². The van der Waals surface area contributed by atoms with E-state index in [2.05, 4.69) is 21.2 Å². The number of fused-ring (bicyclic) bond motifs is 1. The second-order valence-corrected chi connectivity index (χ2v) is 7.09. The predicted octanol–water partition coefficient (Wildman–Crippen LogP) is 4.40. The highest BCUT2D eigenvalue weighted by atomic mass is 79.9. The van der Waals surface area contributed by atoms with Crippen LogP contribution in [0, 0.1) is 0 Å². The monoisotopic (exact) mass is 416 g/mol. The summed E-state index contributed by atoms with van der Waals surface area (Å²) in [6.45, 7) is 2.50. The van der Waals surface area contributed by atoms with E-state index in [0.29, 0.717) is 25.0 Å². The lowest BCUT2D eigenvalue weighted by atomic mass is 10.0. The van der Waals surface area contributed by atoms with Crippen LogP contribution in [-0.2, 0) is 11.3 Å². The van der Waals surface area contributed by atoms with Crippen molar-refractivity contribution in [2.24, 2.45) is 0 Å². The van der Waals surface area contributed by atoms with Crippen LogP contribution in [0.15, 0.2) is 62.2 Å². The Kier molecular flexibility index (Phi) is 5.93. The first kappa shape index (κ1) is 18.5. The lowest BCUT2D eigenvalue weighted by Crippen LogP contribution is -2.28. The number of aryl methyl sites for hydroxylation is 1. The van der Waals surface area contributed by atoms with Gasteiger partial charge < -0.3 is 9.73 Å². The largest absolute Gasteiger partial charge is 0.419 e. The Hall–Kier alpha value is -2.34. The zero-order valence-electron chi connectivity index (χ0n) is 14.6. The summed E-state index contributed by atoms with van der Waals surface area (Å²) < 4.78 is 7.80. The molecule has 6 heteroatoms. The van der Waals surface area contributed by atoms with Gasteiger partial charge in [0, 0.05) is 17.4 Å². The summed E-state index contributed by atoms with van der Waals surface area (Å²) in [6, 6.07) is 15.3. The van der Waals surface area contributed by atoms with Gasteiger partial charge in [0.15, 0.2) is 5.58 Å². The number of aromatic nitrogens is 1. The summed E-state index contributed by atoms with van der Waals surface area (Å²) in [5.41, 5.74) is 2.42. The molecule has 1 atom stereocenters. The molecule has 1 amide bonds. The number of carbonyl (C=O) groups is 1. The van der Waals surface area contributed by atoms with Gasteiger partial charge in [0.05, 0.1) is 11.6 Å². The van der Waals surface area contributed by atoms with Crippen LogP contribution < -0.4 is 11.1 Å². The number of rotatable bonds is 7. The van der Waals surface area contributed by atoms with Crippen molar-refractivity contribution in [2.75, 3.05) is 0 Å². The maximum Gasteiger partial charge on any atom is 0.419 e. The van der Waals surface area contributed by atoms with Crippen molar-refractivity contribution >= 4 is 32.9 Å². The van der Waals surface area contributed by atoms with E-state index >= 15 is 0 Å². The van der Waals surface area contributed by atoms with Gasteiger partial charge in [0.25, 0.3) is 0 Å². The second-order valence-electron chi connectivity index (χ2n) is 6.17. The molecule has 0 saturated carbocycles. The third-order valence-corrected chi connectivity index (χ3v) is 4.90. The van der Waals surface area contributed by atoms with Crippen molar-refractivity contribution in [3.63, 3.8) is 0 Å². The highest BCUT2D eigenvalue weighted by Gasteiger charge is 2.13. The van der Waals surface area contributed by atoms with Gasteiger partial charge in [0.1, 0.15) is 0 Å². The van der Waals surface area contributed by atoms with E-state index in [4.69, 9.17) is 4.42 Å². The number of oxazole rings is 1. The van der Waals surface area contributed by atoms with Gasteiger partial charge in [-0.1, -0.05) is 47.1 Å². The van der Waals surface area contributed by atoms with Crippen molar-refractivity contribution in [1.82, 2.24) is 9.88 Å². The predicted molar refractivity (Wildman–Crippen MR) is 105 cm³/mol. The van der Waals surface area contributed by atoms with Gasteiger partial charge in [-0.3, -0.25) is 9.36 Å². The van der Waals surface area contributed by atoms with E-state index < -0.39 is 0 Å². The quantitative estimate of drug-likeness (QED) is 0.620. The van der Waals surface area contributed by atoms with Crippen LogP contribution in [0.3, 0.4) is 0 Å². The minimum Gasteiger partial charge on any atom is -0.408 e. The molecule has 1 aromatic heterocycles. The number of nitrogens with one attached hydrogen (secondary N) is 1. The minimum absolute atomic E-state index is 0.00641. The Morgan fingerprint density at radius 2 is 1.92 bits per heavy atom. The maximum atomic E-state index is 12.3. The highest BCUT2D eigenvalue weighted by Crippen LogP contribution is 2.20. The zero-order chi connectivity index (χ0) is 18.5. The Labute approximate surface area is 160 Å². The first-order chi connectivity index (χ1) is 12.6. The average Bonchev–Trinajstić information content (AvgIpc) is 2.96. The van der Waals surface area contributed by atoms with Crippen molar-refractivity contribution in [1.29, 1.82) is 0 Å². The van der Waals surface area contributed by atoms with Crippen molar-refractivity contribution in [3.05, 3.63) is 69.1 Å². The number of hydrogen-bond donors (Lipinski definition) is 1. The summed E-state index contributed by atoms with van der Waals surface area (Å²) in [6.07, 6.45) is 1.75. The lowest BCUT2D eigenvalue weighted by Gasteiger charge is -2.17. The van der Waals surface area contributed by atoms with E-state index in [1.165, 1.54) is 0 Å². The van der Waals surface area contributed by atoms with E-state index in [1.54, 1.807) is 10.6 Å². The second kappa shape index (κ2) is 8.36. The molecule has 0 saturated heterocycles. The molecule has 1 N–H and O–H groups in total. The molecule has 0 bridgehead atoms. The van der Waals surface area contributed by atoms with E-state index in [9.17, 15) is 9.59 Å². The molecule has 3 aromatic rings. The van der Waals surface area contributed by atoms with Crippen LogP contribution in [0.2, 0.25) is 0 Å². The van der Waals surface area contributed by atoms with Crippen LogP contribution in [0.25, 0.3) is 11.1 Å². The van der Waals surface area contributed by atoms with Crippen LogP contribution in [-0.4, -0.2) is 10.5 Å². The van der Waals surface area contributed by atoms with Gasteiger partial charge in [-0.25, -0.2) is 4.79 Å². The fraction of sp³-hybridized carbons (Fsp3) is 0.300. The molecule has 3 rings (SSSR count). The molecule has 1 heterocycles. The molecular formula is C20H21BrN2O3. The molecular weight excluding hydrogens is 396 g/mol. The van der Waals surface area contributed by atoms with Crippen LogP contribution >= 0.6 is 15.9 Å². The summed E-state index contributed by atoms with van der Waals surface area (Å²) in [7, 11) is 0. The summed E-state index contributed by atoms with van der Waals surface area (Å²) in [5.74, 6) is -0.395. The molecule has 26 heavy (non-hydrogen) atoms. The fourth-order valence-corrected chi connectivity index (χ4v) is 3.27. The fourth-order valence-electron chi connectivity index (χ4n) is 3.01. The average molecular weight is 417 g/mol. The molecule has 0 spiro atoms. The molecule has 0 aliphatic carbocycles. The number of benzene rings is 2. The number of carbonyl (C=O) groups excluding carboxylic acids is 1. The van der Waals surface area contributed by atoms with E-state index in [1.807, 2.05) is 49.4 Å². The van der Waals surface area contributed by atoms with Crippen LogP contribution in [0.4, 0.5) is 0 Å². The molecule has 2 aromatic carbocycles. The topological polar surface area (TPSA) is 64.2 Å². The minimum atomic E-state index is -0.382. The summed E-state index contributed by atoms with van der Waals surface area (Å²) >= 11 is 3.42. The molecule has 0 aliphatic rings. The summed E-state index contributed by atoms with van der Waals surface area (Å²) in [4.78, 5) is 24.2. The molecule has 0 fully saturated rings. The van der Waals surface area contributed by atoms with Gasteiger partial charge in [-0.05, 0) is 42.7 Å². The zero-order valence-corrected chi connectivity index (χ0v) is 16.2. The van der Waals surface area contributed by atoms with Gasteiger partial charge in [-0.15, -0.1) is 0 Å². The first-order valence-electron chi connectivity index (χ1n) is 8.71. The SMILES string of the molecule is CCC(NC(=O)CCCn1c(=O)oc2ccccc21)c1ccc(Br)cc1. The maximum absolute atomic E-state index is 12.3. The van der Waals surface area contributed by atoms with Crippen LogP contribution in [0.5, 0.6) is 0 Å². The van der Waals surface area contributed by atoms with E-state index in [-0.39, 0.29) is 17.7 Å². The number of nitrogens with zero attached hydrogens (tertiary/aromatic N) is 1. The Bertz CT molecular complexity index is 944. The third-order valence-electron chi connectivity index (χ3n) is 4.38. The van der Waals surface area contributed by atoms with Crippen molar-refractivity contribution in [3.8, 4) is 0 Å². The van der Waals surface area contributed by atoms with Crippen molar-refractivity contribution in [2.45, 2.75) is 38.8 Å². The summed E-state index contributed by atoms with van der Waals surface area (Å²) in [5, 5.41) is 3.07. The number of hydrogen-bond acceptors (Lipinski definition) is 3. The van der Waals surface area contributed by atoms with Crippen molar-refractivity contribution < 1.29 is 9.21 Å². The first-order valence-corrected chi connectivity index (χ1v) is 9.51.